The Kier molecular flexibility index (Phi) is 7.48. The molecule has 0 unspecified atom stereocenters. The van der Waals surface area contributed by atoms with Crippen LogP contribution >= 0.6 is 12.4 Å². The Morgan fingerprint density at radius 2 is 1.96 bits per heavy atom. The summed E-state index contributed by atoms with van der Waals surface area (Å²) in [6.45, 7) is 8.56. The summed E-state index contributed by atoms with van der Waals surface area (Å²) < 4.78 is 0. The highest BCUT2D eigenvalue weighted by atomic mass is 35.5. The number of imide groups is 1. The number of urea groups is 1. The summed E-state index contributed by atoms with van der Waals surface area (Å²) in [5.41, 5.74) is 4.90. The van der Waals surface area contributed by atoms with Gasteiger partial charge in [-0.05, 0) is 43.9 Å². The standard InChI is InChI=1S/C18H32N4O3.ClH/c1-5-17(3,4)13-6-8-18(9-7-13)15(24)22(16(25)21-18)11-14(23)20-12(2)10-19;/h12-13H,5-11,19H2,1-4H3,(H,20,23)(H,21,25);1H/t12-,13?,18?;/m0./s1. The van der Waals surface area contributed by atoms with Crippen LogP contribution in [0.25, 0.3) is 0 Å². The van der Waals surface area contributed by atoms with E-state index in [1.54, 1.807) is 6.92 Å². The van der Waals surface area contributed by atoms with Gasteiger partial charge in [0.05, 0.1) is 0 Å². The summed E-state index contributed by atoms with van der Waals surface area (Å²) in [6, 6.07) is -0.650. The maximum atomic E-state index is 12.8. The van der Waals surface area contributed by atoms with E-state index in [0.717, 1.165) is 24.2 Å². The lowest BCUT2D eigenvalue weighted by molar-refractivity contribution is -0.136. The van der Waals surface area contributed by atoms with Crippen molar-refractivity contribution in [2.45, 2.75) is 71.4 Å². The number of carbonyl (C=O) groups is 3. The molecule has 0 radical (unpaired) electrons. The molecule has 2 fully saturated rings. The molecule has 7 nitrogen and oxygen atoms in total. The minimum atomic E-state index is -0.822. The molecule has 150 valence electrons. The molecule has 1 atom stereocenters. The lowest BCUT2D eigenvalue weighted by Crippen LogP contribution is -2.51. The van der Waals surface area contributed by atoms with E-state index in [0.29, 0.717) is 25.3 Å². The second kappa shape index (κ2) is 8.57. The number of amides is 4. The third kappa shape index (κ3) is 4.49. The fourth-order valence-corrected chi connectivity index (χ4v) is 3.86. The van der Waals surface area contributed by atoms with Crippen LogP contribution < -0.4 is 16.4 Å². The largest absolute Gasteiger partial charge is 0.351 e. The highest BCUT2D eigenvalue weighted by molar-refractivity contribution is 6.09. The zero-order valence-electron chi connectivity index (χ0n) is 16.3. The molecule has 8 heteroatoms. The van der Waals surface area contributed by atoms with Gasteiger partial charge in [-0.15, -0.1) is 12.4 Å². The number of halogens is 1. The quantitative estimate of drug-likeness (QED) is 0.603. The number of rotatable bonds is 6. The summed E-state index contributed by atoms with van der Waals surface area (Å²) in [6.07, 6.45) is 4.21. The Morgan fingerprint density at radius 3 is 2.46 bits per heavy atom. The normalized spacial score (nSPS) is 27.1. The molecule has 4 amide bonds. The predicted octanol–water partition coefficient (Wildman–Crippen LogP) is 1.79. The van der Waals surface area contributed by atoms with Crippen molar-refractivity contribution in [3.8, 4) is 0 Å². The number of hydrogen-bond donors (Lipinski definition) is 3. The predicted molar refractivity (Wildman–Crippen MR) is 103 cm³/mol. The minimum Gasteiger partial charge on any atom is -0.351 e. The van der Waals surface area contributed by atoms with Gasteiger partial charge in [0, 0.05) is 12.6 Å². The average Bonchev–Trinajstić information content (AvgIpc) is 2.79. The van der Waals surface area contributed by atoms with Gasteiger partial charge in [-0.25, -0.2) is 4.79 Å². The van der Waals surface area contributed by atoms with Gasteiger partial charge in [-0.2, -0.15) is 0 Å². The lowest BCUT2D eigenvalue weighted by Gasteiger charge is -2.42. The molecule has 0 aromatic heterocycles. The Hall–Kier alpha value is -1.34. The highest BCUT2D eigenvalue weighted by Gasteiger charge is 2.53. The molecule has 2 aliphatic rings. The number of nitrogens with one attached hydrogen (secondary N) is 2. The first-order valence-corrected chi connectivity index (χ1v) is 9.28. The molecule has 0 aromatic rings. The van der Waals surface area contributed by atoms with E-state index in [2.05, 4.69) is 31.4 Å². The number of hydrogen-bond acceptors (Lipinski definition) is 4. The van der Waals surface area contributed by atoms with Crippen LogP contribution in [0.5, 0.6) is 0 Å². The van der Waals surface area contributed by atoms with Crippen LogP contribution in [0.3, 0.4) is 0 Å². The van der Waals surface area contributed by atoms with Crippen molar-refractivity contribution in [3.63, 3.8) is 0 Å². The Bertz CT molecular complexity index is 545. The van der Waals surface area contributed by atoms with Gasteiger partial charge < -0.3 is 16.4 Å². The van der Waals surface area contributed by atoms with Crippen LogP contribution in [0.4, 0.5) is 4.79 Å². The van der Waals surface area contributed by atoms with E-state index in [1.165, 1.54) is 0 Å². The molecule has 0 aromatic carbocycles. The zero-order chi connectivity index (χ0) is 18.8. The van der Waals surface area contributed by atoms with Crippen LogP contribution in [0.1, 0.15) is 59.8 Å². The topological polar surface area (TPSA) is 105 Å². The lowest BCUT2D eigenvalue weighted by atomic mass is 9.65. The smallest absolute Gasteiger partial charge is 0.325 e. The van der Waals surface area contributed by atoms with Crippen molar-refractivity contribution in [1.82, 2.24) is 15.5 Å². The van der Waals surface area contributed by atoms with E-state index < -0.39 is 11.6 Å². The number of carbonyl (C=O) groups excluding carboxylic acids is 3. The highest BCUT2D eigenvalue weighted by Crippen LogP contribution is 2.45. The molecule has 1 saturated heterocycles. The first-order valence-electron chi connectivity index (χ1n) is 9.28. The van der Waals surface area contributed by atoms with Gasteiger partial charge in [0.2, 0.25) is 5.91 Å². The SMILES string of the molecule is CCC(C)(C)C1CCC2(CC1)NC(=O)N(CC(=O)N[C@@H](C)CN)C2=O.Cl. The number of nitrogens with zero attached hydrogens (tertiary/aromatic N) is 1. The van der Waals surface area contributed by atoms with Crippen molar-refractivity contribution in [2.75, 3.05) is 13.1 Å². The molecule has 0 bridgehead atoms. The van der Waals surface area contributed by atoms with Crippen molar-refractivity contribution >= 4 is 30.3 Å². The second-order valence-electron chi connectivity index (χ2n) is 8.22. The third-order valence-electron chi connectivity index (χ3n) is 6.16. The van der Waals surface area contributed by atoms with Crippen molar-refractivity contribution in [3.05, 3.63) is 0 Å². The first kappa shape index (κ1) is 22.7. The third-order valence-corrected chi connectivity index (χ3v) is 6.16. The molecular weight excluding hydrogens is 356 g/mol. The van der Waals surface area contributed by atoms with E-state index in [1.807, 2.05) is 0 Å². The van der Waals surface area contributed by atoms with E-state index in [4.69, 9.17) is 5.73 Å². The van der Waals surface area contributed by atoms with Crippen molar-refractivity contribution in [1.29, 1.82) is 0 Å². The summed E-state index contributed by atoms with van der Waals surface area (Å²) in [4.78, 5) is 38.2. The summed E-state index contributed by atoms with van der Waals surface area (Å²) in [5, 5.41) is 5.55. The molecule has 1 aliphatic carbocycles. The molecule has 1 aliphatic heterocycles. The first-order chi connectivity index (χ1) is 11.6. The summed E-state index contributed by atoms with van der Waals surface area (Å²) >= 11 is 0. The van der Waals surface area contributed by atoms with Crippen LogP contribution in [0.2, 0.25) is 0 Å². The van der Waals surface area contributed by atoms with Gasteiger partial charge >= 0.3 is 6.03 Å². The molecular formula is C18H33ClN4O3. The monoisotopic (exact) mass is 388 g/mol. The van der Waals surface area contributed by atoms with Gasteiger partial charge in [0.1, 0.15) is 12.1 Å². The van der Waals surface area contributed by atoms with E-state index in [-0.39, 0.29) is 42.2 Å². The van der Waals surface area contributed by atoms with E-state index in [9.17, 15) is 14.4 Å². The Balaban J connectivity index is 0.00000338. The molecule has 4 N–H and O–H groups in total. The fourth-order valence-electron chi connectivity index (χ4n) is 3.86. The molecule has 26 heavy (non-hydrogen) atoms. The van der Waals surface area contributed by atoms with E-state index >= 15 is 0 Å². The molecule has 1 saturated carbocycles. The summed E-state index contributed by atoms with van der Waals surface area (Å²) in [5.74, 6) is -0.0734. The molecule has 2 rings (SSSR count). The van der Waals surface area contributed by atoms with Gasteiger partial charge in [-0.3, -0.25) is 14.5 Å². The van der Waals surface area contributed by atoms with Crippen molar-refractivity contribution in [2.24, 2.45) is 17.1 Å². The maximum Gasteiger partial charge on any atom is 0.325 e. The number of nitrogens with two attached hydrogens (primary N) is 1. The fraction of sp³-hybridized carbons (Fsp3) is 0.833. The molecule has 1 spiro atoms. The van der Waals surface area contributed by atoms with Crippen LogP contribution in [0, 0.1) is 11.3 Å². The summed E-state index contributed by atoms with van der Waals surface area (Å²) in [7, 11) is 0. The Morgan fingerprint density at radius 1 is 1.38 bits per heavy atom. The maximum absolute atomic E-state index is 12.8. The average molecular weight is 389 g/mol. The zero-order valence-corrected chi connectivity index (χ0v) is 17.1. The second-order valence-corrected chi connectivity index (χ2v) is 8.22. The van der Waals surface area contributed by atoms with Crippen LogP contribution in [-0.2, 0) is 9.59 Å². The van der Waals surface area contributed by atoms with Gasteiger partial charge in [0.15, 0.2) is 0 Å². The van der Waals surface area contributed by atoms with Crippen molar-refractivity contribution < 1.29 is 14.4 Å². The van der Waals surface area contributed by atoms with Gasteiger partial charge in [-0.1, -0.05) is 27.2 Å². The Labute approximate surface area is 162 Å². The minimum absolute atomic E-state index is 0. The van der Waals surface area contributed by atoms with Crippen LogP contribution in [0.15, 0.2) is 0 Å². The van der Waals surface area contributed by atoms with Gasteiger partial charge in [0.25, 0.3) is 5.91 Å². The molecule has 1 heterocycles. The van der Waals surface area contributed by atoms with Crippen LogP contribution in [-0.4, -0.2) is 47.4 Å².